The maximum Gasteiger partial charge on any atom is 0.335 e. The summed E-state index contributed by atoms with van der Waals surface area (Å²) in [4.78, 5) is 12.5. The minimum absolute atomic E-state index is 0.141. The van der Waals surface area contributed by atoms with Crippen LogP contribution in [0.1, 0.15) is 10.4 Å². The van der Waals surface area contributed by atoms with Crippen molar-refractivity contribution in [3.05, 3.63) is 48.0 Å². The van der Waals surface area contributed by atoms with Crippen LogP contribution in [0.4, 0.5) is 0 Å². The van der Waals surface area contributed by atoms with Crippen LogP contribution < -0.4 is 4.74 Å². The first-order valence-corrected chi connectivity index (χ1v) is 6.30. The SMILES string of the molecule is COc1cc(O)ccc1Sc1ccc(C(=O)O)cc1. The second kappa shape index (κ2) is 5.67. The Bertz CT molecular complexity index is 593. The average Bonchev–Trinajstić information content (AvgIpc) is 2.41. The first kappa shape index (κ1) is 13.3. The molecule has 0 heterocycles. The van der Waals surface area contributed by atoms with E-state index in [9.17, 15) is 9.90 Å². The van der Waals surface area contributed by atoms with Crippen molar-refractivity contribution in [3.8, 4) is 11.5 Å². The highest BCUT2D eigenvalue weighted by Gasteiger charge is 2.07. The topological polar surface area (TPSA) is 66.8 Å². The molecule has 0 fully saturated rings. The minimum atomic E-state index is -0.946. The molecule has 98 valence electrons. The number of aromatic carboxylic acids is 1. The second-order valence-electron chi connectivity index (χ2n) is 3.77. The predicted molar refractivity (Wildman–Crippen MR) is 72.2 cm³/mol. The van der Waals surface area contributed by atoms with Crippen molar-refractivity contribution in [2.24, 2.45) is 0 Å². The number of hydrogen-bond acceptors (Lipinski definition) is 4. The Morgan fingerprint density at radius 1 is 1.16 bits per heavy atom. The molecule has 2 aromatic carbocycles. The van der Waals surface area contributed by atoms with Gasteiger partial charge in [0, 0.05) is 11.0 Å². The van der Waals surface area contributed by atoms with Gasteiger partial charge in [-0.15, -0.1) is 0 Å². The van der Waals surface area contributed by atoms with Crippen LogP contribution in [0.2, 0.25) is 0 Å². The lowest BCUT2D eigenvalue weighted by Crippen LogP contribution is -1.94. The third kappa shape index (κ3) is 3.20. The van der Waals surface area contributed by atoms with Crippen LogP contribution in [0.5, 0.6) is 11.5 Å². The number of carbonyl (C=O) groups is 1. The van der Waals surface area contributed by atoms with Crippen molar-refractivity contribution >= 4 is 17.7 Å². The first-order chi connectivity index (χ1) is 9.10. The fourth-order valence-corrected chi connectivity index (χ4v) is 2.44. The Labute approximate surface area is 114 Å². The molecular weight excluding hydrogens is 264 g/mol. The molecule has 0 aliphatic carbocycles. The van der Waals surface area contributed by atoms with Crippen LogP contribution in [0.15, 0.2) is 52.3 Å². The lowest BCUT2D eigenvalue weighted by molar-refractivity contribution is 0.0697. The number of ether oxygens (including phenoxy) is 1. The number of phenolic OH excluding ortho intramolecular Hbond substituents is 1. The fourth-order valence-electron chi connectivity index (χ4n) is 1.53. The Kier molecular flexibility index (Phi) is 3.97. The molecule has 2 N–H and O–H groups in total. The zero-order chi connectivity index (χ0) is 13.8. The van der Waals surface area contributed by atoms with Crippen LogP contribution >= 0.6 is 11.8 Å². The highest BCUT2D eigenvalue weighted by atomic mass is 32.2. The molecule has 2 rings (SSSR count). The van der Waals surface area contributed by atoms with E-state index in [-0.39, 0.29) is 11.3 Å². The molecule has 0 amide bonds. The molecule has 0 aliphatic rings. The van der Waals surface area contributed by atoms with Gasteiger partial charge in [0.2, 0.25) is 0 Å². The molecule has 0 atom stereocenters. The summed E-state index contributed by atoms with van der Waals surface area (Å²) in [5, 5.41) is 18.2. The zero-order valence-electron chi connectivity index (χ0n) is 10.2. The van der Waals surface area contributed by atoms with Gasteiger partial charge in [-0.2, -0.15) is 0 Å². The number of phenols is 1. The van der Waals surface area contributed by atoms with E-state index >= 15 is 0 Å². The van der Waals surface area contributed by atoms with Crippen molar-refractivity contribution < 1.29 is 19.7 Å². The van der Waals surface area contributed by atoms with Crippen molar-refractivity contribution in [2.45, 2.75) is 9.79 Å². The average molecular weight is 276 g/mol. The molecule has 0 spiro atoms. The number of hydrogen-bond donors (Lipinski definition) is 2. The normalized spacial score (nSPS) is 10.2. The number of benzene rings is 2. The molecule has 0 unspecified atom stereocenters. The van der Waals surface area contributed by atoms with Gasteiger partial charge in [0.1, 0.15) is 11.5 Å². The minimum Gasteiger partial charge on any atom is -0.508 e. The highest BCUT2D eigenvalue weighted by molar-refractivity contribution is 7.99. The summed E-state index contributed by atoms with van der Waals surface area (Å²) in [6, 6.07) is 11.4. The molecule has 0 bridgehead atoms. The Morgan fingerprint density at radius 3 is 2.42 bits per heavy atom. The van der Waals surface area contributed by atoms with Crippen LogP contribution in [-0.4, -0.2) is 23.3 Å². The maximum atomic E-state index is 10.8. The number of methoxy groups -OCH3 is 1. The van der Waals surface area contributed by atoms with E-state index < -0.39 is 5.97 Å². The molecule has 5 heteroatoms. The Morgan fingerprint density at radius 2 is 1.84 bits per heavy atom. The van der Waals surface area contributed by atoms with Crippen LogP contribution in [0.25, 0.3) is 0 Å². The molecule has 0 aromatic heterocycles. The van der Waals surface area contributed by atoms with Gasteiger partial charge in [-0.25, -0.2) is 4.79 Å². The zero-order valence-corrected chi connectivity index (χ0v) is 11.0. The summed E-state index contributed by atoms with van der Waals surface area (Å²) < 4.78 is 5.19. The predicted octanol–water partition coefficient (Wildman–Crippen LogP) is 3.25. The maximum absolute atomic E-state index is 10.8. The molecule has 2 aromatic rings. The van der Waals surface area contributed by atoms with Crippen molar-refractivity contribution in [3.63, 3.8) is 0 Å². The van der Waals surface area contributed by atoms with Crippen LogP contribution in [0, 0.1) is 0 Å². The molecular formula is C14H12O4S. The monoisotopic (exact) mass is 276 g/mol. The van der Waals surface area contributed by atoms with Gasteiger partial charge in [0.15, 0.2) is 0 Å². The first-order valence-electron chi connectivity index (χ1n) is 5.48. The van der Waals surface area contributed by atoms with Gasteiger partial charge in [0.05, 0.1) is 17.6 Å². The third-order valence-corrected chi connectivity index (χ3v) is 3.54. The fraction of sp³-hybridized carbons (Fsp3) is 0.0714. The third-order valence-electron chi connectivity index (χ3n) is 2.48. The summed E-state index contributed by atoms with van der Waals surface area (Å²) in [5.74, 6) is -0.228. The number of carboxylic acid groups (broad SMARTS) is 1. The molecule has 4 nitrogen and oxygen atoms in total. The van der Waals surface area contributed by atoms with E-state index in [0.717, 1.165) is 9.79 Å². The van der Waals surface area contributed by atoms with Gasteiger partial charge in [0.25, 0.3) is 0 Å². The lowest BCUT2D eigenvalue weighted by atomic mass is 10.2. The lowest BCUT2D eigenvalue weighted by Gasteiger charge is -2.08. The van der Waals surface area contributed by atoms with Gasteiger partial charge >= 0.3 is 5.97 Å². The standard InChI is InChI=1S/C14H12O4S/c1-18-12-8-10(15)4-7-13(12)19-11-5-2-9(3-6-11)14(16)17/h2-8,15H,1H3,(H,16,17). The number of rotatable bonds is 4. The second-order valence-corrected chi connectivity index (χ2v) is 4.88. The van der Waals surface area contributed by atoms with Gasteiger partial charge in [-0.05, 0) is 36.4 Å². The van der Waals surface area contributed by atoms with E-state index in [1.807, 2.05) is 0 Å². The van der Waals surface area contributed by atoms with E-state index in [2.05, 4.69) is 0 Å². The smallest absolute Gasteiger partial charge is 0.335 e. The number of carboxylic acids is 1. The largest absolute Gasteiger partial charge is 0.508 e. The number of aromatic hydroxyl groups is 1. The van der Waals surface area contributed by atoms with E-state index in [1.54, 1.807) is 36.4 Å². The Hall–Kier alpha value is -2.14. The molecule has 19 heavy (non-hydrogen) atoms. The summed E-state index contributed by atoms with van der Waals surface area (Å²) in [6.45, 7) is 0. The molecule has 0 radical (unpaired) electrons. The highest BCUT2D eigenvalue weighted by Crippen LogP contribution is 2.36. The molecule has 0 aliphatic heterocycles. The van der Waals surface area contributed by atoms with Crippen LogP contribution in [0.3, 0.4) is 0 Å². The summed E-state index contributed by atoms with van der Waals surface area (Å²) in [7, 11) is 1.53. The Balaban J connectivity index is 2.23. The van der Waals surface area contributed by atoms with E-state index in [4.69, 9.17) is 9.84 Å². The molecule has 0 saturated carbocycles. The van der Waals surface area contributed by atoms with Crippen molar-refractivity contribution in [1.82, 2.24) is 0 Å². The van der Waals surface area contributed by atoms with Gasteiger partial charge in [-0.3, -0.25) is 0 Å². The van der Waals surface area contributed by atoms with E-state index in [0.29, 0.717) is 5.75 Å². The van der Waals surface area contributed by atoms with Crippen LogP contribution in [-0.2, 0) is 0 Å². The van der Waals surface area contributed by atoms with Gasteiger partial charge in [-0.1, -0.05) is 11.8 Å². The van der Waals surface area contributed by atoms with Crippen molar-refractivity contribution in [2.75, 3.05) is 7.11 Å². The summed E-state index contributed by atoms with van der Waals surface area (Å²) >= 11 is 1.44. The summed E-state index contributed by atoms with van der Waals surface area (Å²) in [5.41, 5.74) is 0.252. The quantitative estimate of drug-likeness (QED) is 0.897. The van der Waals surface area contributed by atoms with Gasteiger partial charge < -0.3 is 14.9 Å². The van der Waals surface area contributed by atoms with Crippen molar-refractivity contribution in [1.29, 1.82) is 0 Å². The van der Waals surface area contributed by atoms with E-state index in [1.165, 1.54) is 24.9 Å². The summed E-state index contributed by atoms with van der Waals surface area (Å²) in [6.07, 6.45) is 0. The molecule has 0 saturated heterocycles.